The van der Waals surface area contributed by atoms with E-state index in [1.54, 1.807) is 12.1 Å². The maximum Gasteiger partial charge on any atom is 0.244 e. The van der Waals surface area contributed by atoms with E-state index in [1.165, 1.54) is 10.4 Å². The fourth-order valence-corrected chi connectivity index (χ4v) is 5.44. The highest BCUT2D eigenvalue weighted by Gasteiger charge is 2.43. The molecule has 2 N–H and O–H groups in total. The molecule has 1 heterocycles. The lowest BCUT2D eigenvalue weighted by Crippen LogP contribution is -2.58. The Balaban J connectivity index is 2.46. The summed E-state index contributed by atoms with van der Waals surface area (Å²) in [5.74, 6) is 0. The number of sulfonamides is 1. The van der Waals surface area contributed by atoms with E-state index in [0.29, 0.717) is 23.2 Å². The van der Waals surface area contributed by atoms with Gasteiger partial charge in [-0.2, -0.15) is 4.31 Å². The minimum absolute atomic E-state index is 0.191. The highest BCUT2D eigenvalue weighted by molar-refractivity contribution is 9.10. The maximum absolute atomic E-state index is 12.9. The number of ether oxygens (including phenoxy) is 1. The minimum atomic E-state index is -3.63. The lowest BCUT2D eigenvalue weighted by Gasteiger charge is -2.46. The monoisotopic (exact) mass is 376 g/mol. The highest BCUT2D eigenvalue weighted by Crippen LogP contribution is 2.34. The quantitative estimate of drug-likeness (QED) is 0.805. The van der Waals surface area contributed by atoms with Gasteiger partial charge in [-0.15, -0.1) is 0 Å². The standard InChI is InChI=1S/C14H21BrN2O3S/c1-13(2)8-17(9-14(3,4)20-13)21(18,19)12-7-10(16)5-6-11(12)15/h5-7H,8-9,16H2,1-4H3. The zero-order valence-corrected chi connectivity index (χ0v) is 15.1. The summed E-state index contributed by atoms with van der Waals surface area (Å²) in [6.07, 6.45) is 0. The number of morpholine rings is 1. The second-order valence-corrected chi connectivity index (χ2v) is 9.35. The number of benzene rings is 1. The molecule has 0 amide bonds. The summed E-state index contributed by atoms with van der Waals surface area (Å²) in [7, 11) is -3.63. The molecule has 1 saturated heterocycles. The van der Waals surface area contributed by atoms with Gasteiger partial charge in [0, 0.05) is 23.2 Å². The molecule has 0 unspecified atom stereocenters. The zero-order chi connectivity index (χ0) is 16.1. The van der Waals surface area contributed by atoms with Crippen molar-refractivity contribution in [2.24, 2.45) is 0 Å². The van der Waals surface area contributed by atoms with E-state index in [0.717, 1.165) is 0 Å². The molecule has 0 aliphatic carbocycles. The van der Waals surface area contributed by atoms with Gasteiger partial charge < -0.3 is 10.5 Å². The molecular weight excluding hydrogens is 356 g/mol. The lowest BCUT2D eigenvalue weighted by atomic mass is 10.0. The first-order chi connectivity index (χ1) is 9.43. The third kappa shape index (κ3) is 3.59. The third-order valence-electron chi connectivity index (χ3n) is 3.24. The number of nitrogen functional groups attached to an aromatic ring is 1. The molecule has 1 aliphatic rings. The minimum Gasteiger partial charge on any atom is -0.399 e. The van der Waals surface area contributed by atoms with Crippen molar-refractivity contribution in [3.05, 3.63) is 22.7 Å². The van der Waals surface area contributed by atoms with Crippen LogP contribution in [0.15, 0.2) is 27.6 Å². The number of halogens is 1. The van der Waals surface area contributed by atoms with E-state index in [-0.39, 0.29) is 4.90 Å². The predicted molar refractivity (Wildman–Crippen MR) is 86.6 cm³/mol. The highest BCUT2D eigenvalue weighted by atomic mass is 79.9. The van der Waals surface area contributed by atoms with Crippen molar-refractivity contribution in [3.8, 4) is 0 Å². The first-order valence-corrected chi connectivity index (χ1v) is 8.92. The van der Waals surface area contributed by atoms with Crippen molar-refractivity contribution in [3.63, 3.8) is 0 Å². The average Bonchev–Trinajstić information content (AvgIpc) is 2.28. The van der Waals surface area contributed by atoms with Crippen LogP contribution in [0.5, 0.6) is 0 Å². The van der Waals surface area contributed by atoms with E-state index in [9.17, 15) is 8.42 Å². The van der Waals surface area contributed by atoms with Crippen LogP contribution in [-0.2, 0) is 14.8 Å². The molecule has 1 aromatic rings. The van der Waals surface area contributed by atoms with Gasteiger partial charge in [0.25, 0.3) is 0 Å². The molecular formula is C14H21BrN2O3S. The van der Waals surface area contributed by atoms with Gasteiger partial charge in [-0.25, -0.2) is 8.42 Å². The van der Waals surface area contributed by atoms with Crippen LogP contribution in [0.1, 0.15) is 27.7 Å². The van der Waals surface area contributed by atoms with Crippen LogP contribution in [0.3, 0.4) is 0 Å². The molecule has 1 aromatic carbocycles. The molecule has 0 atom stereocenters. The molecule has 118 valence electrons. The molecule has 7 heteroatoms. The van der Waals surface area contributed by atoms with E-state index in [1.807, 2.05) is 27.7 Å². The summed E-state index contributed by atoms with van der Waals surface area (Å²) in [5.41, 5.74) is 5.07. The molecule has 21 heavy (non-hydrogen) atoms. The molecule has 0 bridgehead atoms. The SMILES string of the molecule is CC1(C)CN(S(=O)(=O)c2cc(N)ccc2Br)CC(C)(C)O1. The summed E-state index contributed by atoms with van der Waals surface area (Å²) < 4.78 is 33.8. The van der Waals surface area contributed by atoms with Crippen molar-refractivity contribution in [1.29, 1.82) is 0 Å². The van der Waals surface area contributed by atoms with Crippen molar-refractivity contribution in [2.45, 2.75) is 43.8 Å². The van der Waals surface area contributed by atoms with Gasteiger partial charge >= 0.3 is 0 Å². The Hall–Kier alpha value is -0.630. The van der Waals surface area contributed by atoms with Gasteiger partial charge in [0.2, 0.25) is 10.0 Å². The Kier molecular flexibility index (Phi) is 4.16. The average molecular weight is 377 g/mol. The predicted octanol–water partition coefficient (Wildman–Crippen LogP) is 2.61. The Labute approximate surface area is 134 Å². The van der Waals surface area contributed by atoms with Crippen LogP contribution in [0.25, 0.3) is 0 Å². The van der Waals surface area contributed by atoms with Crippen LogP contribution in [-0.4, -0.2) is 37.0 Å². The summed E-state index contributed by atoms with van der Waals surface area (Å²) in [6, 6.07) is 4.80. The number of nitrogens with two attached hydrogens (primary N) is 1. The molecule has 0 radical (unpaired) electrons. The Morgan fingerprint density at radius 2 is 1.71 bits per heavy atom. The smallest absolute Gasteiger partial charge is 0.244 e. The van der Waals surface area contributed by atoms with Crippen molar-refractivity contribution >= 4 is 31.6 Å². The lowest BCUT2D eigenvalue weighted by molar-refractivity contribution is -0.163. The van der Waals surface area contributed by atoms with E-state index in [4.69, 9.17) is 10.5 Å². The molecule has 5 nitrogen and oxygen atoms in total. The maximum atomic E-state index is 12.9. The number of anilines is 1. The fraction of sp³-hybridized carbons (Fsp3) is 0.571. The van der Waals surface area contributed by atoms with Crippen LogP contribution >= 0.6 is 15.9 Å². The fourth-order valence-electron chi connectivity index (χ4n) is 2.74. The third-order valence-corrected chi connectivity index (χ3v) is 6.03. The van der Waals surface area contributed by atoms with Gasteiger partial charge in [0.05, 0.1) is 16.1 Å². The van der Waals surface area contributed by atoms with Crippen LogP contribution in [0.4, 0.5) is 5.69 Å². The molecule has 0 aromatic heterocycles. The van der Waals surface area contributed by atoms with Crippen molar-refractivity contribution < 1.29 is 13.2 Å². The first-order valence-electron chi connectivity index (χ1n) is 6.68. The van der Waals surface area contributed by atoms with Gasteiger partial charge in [-0.1, -0.05) is 0 Å². The molecule has 1 aliphatic heterocycles. The Bertz CT molecular complexity index is 640. The summed E-state index contributed by atoms with van der Waals surface area (Å²) >= 11 is 3.30. The van der Waals surface area contributed by atoms with Gasteiger partial charge in [-0.3, -0.25) is 0 Å². The Morgan fingerprint density at radius 1 is 1.19 bits per heavy atom. The second kappa shape index (κ2) is 5.22. The van der Waals surface area contributed by atoms with Crippen LogP contribution in [0.2, 0.25) is 0 Å². The van der Waals surface area contributed by atoms with Gasteiger partial charge in [0.15, 0.2) is 0 Å². The first kappa shape index (κ1) is 16.7. The summed E-state index contributed by atoms with van der Waals surface area (Å²) in [5, 5.41) is 0. The summed E-state index contributed by atoms with van der Waals surface area (Å²) in [6.45, 7) is 8.19. The largest absolute Gasteiger partial charge is 0.399 e. The second-order valence-electron chi connectivity index (χ2n) is 6.58. The zero-order valence-electron chi connectivity index (χ0n) is 12.7. The number of rotatable bonds is 2. The van der Waals surface area contributed by atoms with Crippen molar-refractivity contribution in [2.75, 3.05) is 18.8 Å². The molecule has 0 saturated carbocycles. The van der Waals surface area contributed by atoms with E-state index in [2.05, 4.69) is 15.9 Å². The number of nitrogens with zero attached hydrogens (tertiary/aromatic N) is 1. The Morgan fingerprint density at radius 3 is 2.24 bits per heavy atom. The molecule has 2 rings (SSSR count). The van der Waals surface area contributed by atoms with E-state index >= 15 is 0 Å². The molecule has 0 spiro atoms. The van der Waals surface area contributed by atoms with Crippen LogP contribution in [0, 0.1) is 0 Å². The van der Waals surface area contributed by atoms with Crippen LogP contribution < -0.4 is 5.73 Å². The topological polar surface area (TPSA) is 72.6 Å². The van der Waals surface area contributed by atoms with Crippen molar-refractivity contribution in [1.82, 2.24) is 4.31 Å². The normalized spacial score (nSPS) is 22.1. The summed E-state index contributed by atoms with van der Waals surface area (Å²) in [4.78, 5) is 0.191. The number of hydrogen-bond acceptors (Lipinski definition) is 4. The van der Waals surface area contributed by atoms with Gasteiger partial charge in [0.1, 0.15) is 0 Å². The molecule has 1 fully saturated rings. The van der Waals surface area contributed by atoms with Gasteiger partial charge in [-0.05, 0) is 61.8 Å². The van der Waals surface area contributed by atoms with E-state index < -0.39 is 21.2 Å². The number of hydrogen-bond donors (Lipinski definition) is 1.